The fraction of sp³-hybridized carbons (Fsp3) is 0.111. The fourth-order valence-corrected chi connectivity index (χ4v) is 1.51. The van der Waals surface area contributed by atoms with E-state index in [1.807, 2.05) is 24.3 Å². The largest absolute Gasteiger partial charge is 0.392 e. The highest BCUT2D eigenvalue weighted by atomic mass is 32.1. The van der Waals surface area contributed by atoms with Crippen LogP contribution in [0.15, 0.2) is 34.8 Å². The second-order valence-electron chi connectivity index (χ2n) is 2.68. The van der Waals surface area contributed by atoms with Crippen molar-refractivity contribution in [3.63, 3.8) is 0 Å². The zero-order valence-electron chi connectivity index (χ0n) is 7.34. The van der Waals surface area contributed by atoms with Crippen LogP contribution in [0.4, 0.5) is 5.69 Å². The summed E-state index contributed by atoms with van der Waals surface area (Å²) in [4.78, 5) is 8.26. The highest BCUT2D eigenvalue weighted by molar-refractivity contribution is 7.03. The van der Waals surface area contributed by atoms with Crippen molar-refractivity contribution in [1.29, 1.82) is 0 Å². The van der Waals surface area contributed by atoms with Crippen molar-refractivity contribution in [3.05, 3.63) is 41.0 Å². The van der Waals surface area contributed by atoms with Gasteiger partial charge in [0.1, 0.15) is 5.51 Å². The molecule has 0 radical (unpaired) electrons. The SMILES string of the molecule is OCc1ccccc1N=c1ncs[nH]1. The molecule has 5 heteroatoms. The smallest absolute Gasteiger partial charge is 0.237 e. The highest BCUT2D eigenvalue weighted by Crippen LogP contribution is 2.16. The Bertz CT molecular complexity index is 458. The molecule has 2 rings (SSSR count). The monoisotopic (exact) mass is 207 g/mol. The summed E-state index contributed by atoms with van der Waals surface area (Å²) in [5, 5.41) is 9.06. The molecule has 0 bridgehead atoms. The Kier molecular flexibility index (Phi) is 2.71. The van der Waals surface area contributed by atoms with Crippen molar-refractivity contribution in [1.82, 2.24) is 9.36 Å². The van der Waals surface area contributed by atoms with E-state index in [-0.39, 0.29) is 6.61 Å². The number of aliphatic hydroxyl groups is 1. The van der Waals surface area contributed by atoms with E-state index >= 15 is 0 Å². The first-order chi connectivity index (χ1) is 6.90. The van der Waals surface area contributed by atoms with Crippen LogP contribution < -0.4 is 5.62 Å². The van der Waals surface area contributed by atoms with E-state index in [0.717, 1.165) is 11.3 Å². The molecule has 1 heterocycles. The molecule has 1 aromatic heterocycles. The van der Waals surface area contributed by atoms with Gasteiger partial charge in [-0.3, -0.25) is 4.37 Å². The number of aliphatic hydroxyl groups excluding tert-OH is 1. The third-order valence-corrected chi connectivity index (χ3v) is 2.28. The maximum atomic E-state index is 9.06. The van der Waals surface area contributed by atoms with Crippen LogP contribution in [0.5, 0.6) is 0 Å². The number of para-hydroxylation sites is 1. The van der Waals surface area contributed by atoms with E-state index in [1.54, 1.807) is 5.51 Å². The van der Waals surface area contributed by atoms with E-state index < -0.39 is 0 Å². The molecule has 0 saturated carbocycles. The third-order valence-electron chi connectivity index (χ3n) is 1.77. The first kappa shape index (κ1) is 9.11. The Balaban J connectivity index is 2.48. The Morgan fingerprint density at radius 3 is 3.00 bits per heavy atom. The molecule has 0 aliphatic heterocycles. The number of aromatic amines is 1. The van der Waals surface area contributed by atoms with Crippen LogP contribution in [0.1, 0.15) is 5.56 Å². The van der Waals surface area contributed by atoms with E-state index in [0.29, 0.717) is 5.62 Å². The van der Waals surface area contributed by atoms with Gasteiger partial charge in [0.05, 0.1) is 12.3 Å². The minimum absolute atomic E-state index is 0.0101. The Labute approximate surface area is 84.8 Å². The molecule has 14 heavy (non-hydrogen) atoms. The minimum atomic E-state index is -0.0101. The second kappa shape index (κ2) is 4.17. The number of hydrogen-bond donors (Lipinski definition) is 2. The van der Waals surface area contributed by atoms with Crippen molar-refractivity contribution in [2.24, 2.45) is 4.99 Å². The molecule has 0 atom stereocenters. The Hall–Kier alpha value is -1.46. The molecule has 1 aromatic carbocycles. The number of hydrogen-bond acceptors (Lipinski definition) is 4. The second-order valence-corrected chi connectivity index (χ2v) is 3.33. The summed E-state index contributed by atoms with van der Waals surface area (Å²) in [5.41, 5.74) is 3.79. The molecular weight excluding hydrogens is 198 g/mol. The predicted molar refractivity (Wildman–Crippen MR) is 54.1 cm³/mol. The molecule has 2 aromatic rings. The van der Waals surface area contributed by atoms with Gasteiger partial charge in [-0.15, -0.1) is 0 Å². The average Bonchev–Trinajstić information content (AvgIpc) is 2.71. The van der Waals surface area contributed by atoms with Crippen molar-refractivity contribution in [3.8, 4) is 0 Å². The van der Waals surface area contributed by atoms with Crippen LogP contribution in [0.3, 0.4) is 0 Å². The maximum absolute atomic E-state index is 9.06. The lowest BCUT2D eigenvalue weighted by Gasteiger charge is -1.98. The zero-order valence-corrected chi connectivity index (χ0v) is 8.16. The van der Waals surface area contributed by atoms with E-state index in [9.17, 15) is 0 Å². The first-order valence-electron chi connectivity index (χ1n) is 4.12. The summed E-state index contributed by atoms with van der Waals surface area (Å²) >= 11 is 1.38. The summed E-state index contributed by atoms with van der Waals surface area (Å²) in [7, 11) is 0. The highest BCUT2D eigenvalue weighted by Gasteiger charge is 1.97. The molecule has 0 aliphatic rings. The molecule has 2 N–H and O–H groups in total. The molecular formula is C9H9N3OS. The lowest BCUT2D eigenvalue weighted by molar-refractivity contribution is 0.282. The van der Waals surface area contributed by atoms with Gasteiger partial charge < -0.3 is 5.11 Å². The van der Waals surface area contributed by atoms with E-state index in [1.165, 1.54) is 11.5 Å². The summed E-state index contributed by atoms with van der Waals surface area (Å²) in [5.74, 6) is 0. The number of nitrogens with zero attached hydrogens (tertiary/aromatic N) is 2. The molecule has 0 saturated heterocycles. The van der Waals surface area contributed by atoms with Gasteiger partial charge in [0.2, 0.25) is 5.62 Å². The molecule has 72 valence electrons. The first-order valence-corrected chi connectivity index (χ1v) is 5.00. The van der Waals surface area contributed by atoms with E-state index in [2.05, 4.69) is 14.3 Å². The maximum Gasteiger partial charge on any atom is 0.237 e. The molecule has 0 aliphatic carbocycles. The number of aromatic nitrogens is 2. The van der Waals surface area contributed by atoms with Crippen molar-refractivity contribution in [2.45, 2.75) is 6.61 Å². The van der Waals surface area contributed by atoms with Crippen LogP contribution in [-0.4, -0.2) is 14.5 Å². The summed E-state index contributed by atoms with van der Waals surface area (Å²) in [6.45, 7) is -0.0101. The van der Waals surface area contributed by atoms with Gasteiger partial charge in [0.25, 0.3) is 0 Å². The van der Waals surface area contributed by atoms with Crippen LogP contribution >= 0.6 is 11.5 Å². The van der Waals surface area contributed by atoms with Crippen molar-refractivity contribution >= 4 is 17.2 Å². The van der Waals surface area contributed by atoms with Crippen LogP contribution in [0.2, 0.25) is 0 Å². The van der Waals surface area contributed by atoms with Gasteiger partial charge >= 0.3 is 0 Å². The molecule has 0 amide bonds. The van der Waals surface area contributed by atoms with Crippen LogP contribution in [-0.2, 0) is 6.61 Å². The zero-order chi connectivity index (χ0) is 9.80. The van der Waals surface area contributed by atoms with Gasteiger partial charge in [-0.25, -0.2) is 9.98 Å². The number of nitrogens with one attached hydrogen (secondary N) is 1. The minimum Gasteiger partial charge on any atom is -0.392 e. The molecule has 0 spiro atoms. The Morgan fingerprint density at radius 1 is 1.43 bits per heavy atom. The lowest BCUT2D eigenvalue weighted by atomic mass is 10.2. The number of benzene rings is 1. The molecule has 4 nitrogen and oxygen atoms in total. The topological polar surface area (TPSA) is 61.3 Å². The van der Waals surface area contributed by atoms with Gasteiger partial charge in [0.15, 0.2) is 0 Å². The summed E-state index contributed by atoms with van der Waals surface area (Å²) in [6.07, 6.45) is 0. The predicted octanol–water partition coefficient (Wildman–Crippen LogP) is 1.20. The van der Waals surface area contributed by atoms with E-state index in [4.69, 9.17) is 5.11 Å². The van der Waals surface area contributed by atoms with Crippen molar-refractivity contribution < 1.29 is 5.11 Å². The normalized spacial score (nSPS) is 11.9. The molecule has 0 fully saturated rings. The standard InChI is InChI=1S/C9H9N3OS/c13-5-7-3-1-2-4-8(7)11-9-10-6-14-12-9/h1-4,6,13H,5H2,(H,11,12). The average molecular weight is 207 g/mol. The number of H-pyrrole nitrogens is 1. The van der Waals surface area contributed by atoms with Gasteiger partial charge in [-0.05, 0) is 17.6 Å². The van der Waals surface area contributed by atoms with Gasteiger partial charge in [-0.1, -0.05) is 18.2 Å². The van der Waals surface area contributed by atoms with Crippen molar-refractivity contribution in [2.75, 3.05) is 0 Å². The van der Waals surface area contributed by atoms with Crippen LogP contribution in [0, 0.1) is 0 Å². The summed E-state index contributed by atoms with van der Waals surface area (Å²) < 4.78 is 2.92. The summed E-state index contributed by atoms with van der Waals surface area (Å²) in [6, 6.07) is 7.43. The third kappa shape index (κ3) is 1.89. The van der Waals surface area contributed by atoms with Crippen LogP contribution in [0.25, 0.3) is 0 Å². The quantitative estimate of drug-likeness (QED) is 0.777. The Morgan fingerprint density at radius 2 is 2.29 bits per heavy atom. The van der Waals surface area contributed by atoms with Gasteiger partial charge in [-0.2, -0.15) is 0 Å². The molecule has 0 unspecified atom stereocenters. The number of rotatable bonds is 2. The van der Waals surface area contributed by atoms with Gasteiger partial charge in [0, 0.05) is 5.56 Å². The fourth-order valence-electron chi connectivity index (χ4n) is 1.10. The lowest BCUT2D eigenvalue weighted by Crippen LogP contribution is -2.03.